The van der Waals surface area contributed by atoms with Crippen molar-refractivity contribution in [1.82, 2.24) is 0 Å². The van der Waals surface area contributed by atoms with Crippen LogP contribution in [-0.4, -0.2) is 87.4 Å². The van der Waals surface area contributed by atoms with E-state index in [-0.39, 0.29) is 32.2 Å². The molecule has 2 atom stereocenters. The molecule has 0 aromatic carbocycles. The number of rotatable bonds is 75. The summed E-state index contributed by atoms with van der Waals surface area (Å²) >= 11 is 0. The zero-order chi connectivity index (χ0) is 71.8. The minimum atomic E-state index is -1.52. The van der Waals surface area contributed by atoms with E-state index in [2.05, 4.69) is 160 Å². The number of hydrogen-bond donors (Lipinski definition) is 1. The van der Waals surface area contributed by atoms with Gasteiger partial charge in [0.05, 0.1) is 34.4 Å². The third-order valence-electron chi connectivity index (χ3n) is 17.6. The van der Waals surface area contributed by atoms with E-state index in [1.807, 2.05) is 21.1 Å². The number of quaternary nitrogens is 1. The van der Waals surface area contributed by atoms with E-state index < -0.39 is 24.3 Å². The molecule has 0 amide bonds. The van der Waals surface area contributed by atoms with Crippen molar-refractivity contribution in [1.29, 1.82) is 0 Å². The Kier molecular flexibility index (Phi) is 75.0. The Morgan fingerprint density at radius 1 is 0.303 bits per heavy atom. The van der Waals surface area contributed by atoms with Crippen LogP contribution in [0.1, 0.15) is 348 Å². The van der Waals surface area contributed by atoms with E-state index in [0.29, 0.717) is 17.4 Å². The zero-order valence-electron chi connectivity index (χ0n) is 64.9. The van der Waals surface area contributed by atoms with Gasteiger partial charge < -0.3 is 28.5 Å². The normalized spacial score (nSPS) is 13.4. The standard InChI is InChI=1S/C90H153NO8/c1-6-8-10-12-14-16-18-20-22-24-26-28-30-32-34-36-38-40-42-44-46-48-50-52-54-56-58-60-62-64-66-68-70-72-74-76-78-80-87(92)97-84-86(85-98-90(89(94)95)96-83-82-91(3,4)5)99-88(93)81-79-77-75-73-71-69-67-65-63-61-59-57-55-53-51-49-47-45-43-41-39-37-35-33-31-29-27-25-23-21-19-17-15-13-11-9-7-2/h8-11,14-17,20-23,26-29,32-35,38-41,86,90H,6-7,12-13,18-19,24-25,30-31,36-37,42-85H2,1-5H3/p+1/b10-8-,11-9-,16-14-,17-15-,22-20-,23-21-,28-26-,29-27-,34-32-,35-33-,40-38-,41-39-. The first-order chi connectivity index (χ1) is 48.6. The van der Waals surface area contributed by atoms with Gasteiger partial charge >= 0.3 is 17.9 Å². The number of esters is 2. The molecule has 9 nitrogen and oxygen atoms in total. The predicted octanol–water partition coefficient (Wildman–Crippen LogP) is 26.6. The molecule has 99 heavy (non-hydrogen) atoms. The maximum absolute atomic E-state index is 13.0. The second kappa shape index (κ2) is 78.9. The van der Waals surface area contributed by atoms with Crippen LogP contribution in [0.25, 0.3) is 0 Å². The topological polar surface area (TPSA) is 108 Å². The zero-order valence-corrected chi connectivity index (χ0v) is 64.9. The molecule has 0 aliphatic carbocycles. The van der Waals surface area contributed by atoms with Crippen molar-refractivity contribution >= 4 is 17.9 Å². The van der Waals surface area contributed by atoms with Crippen LogP contribution in [0.2, 0.25) is 0 Å². The van der Waals surface area contributed by atoms with Gasteiger partial charge in [0.2, 0.25) is 0 Å². The minimum absolute atomic E-state index is 0.184. The molecule has 1 N–H and O–H groups in total. The van der Waals surface area contributed by atoms with E-state index in [0.717, 1.165) is 116 Å². The lowest BCUT2D eigenvalue weighted by molar-refractivity contribution is -0.870. The highest BCUT2D eigenvalue weighted by molar-refractivity contribution is 5.71. The molecule has 0 aliphatic rings. The van der Waals surface area contributed by atoms with Crippen molar-refractivity contribution in [3.63, 3.8) is 0 Å². The SMILES string of the molecule is CC/C=C\C/C=C\C/C=C\C/C=C\C/C=C\C/C=C\CCCCCCCCCCCCCCCCCCCCC(=O)OCC(COC(OCC[N+](C)(C)C)C(=O)O)OC(=O)CCCCCCCCCCCCCCCCCCCC/C=C\C/C=C\C/C=C\C/C=C\C/C=C\C/C=C\CC. The highest BCUT2D eigenvalue weighted by atomic mass is 16.7. The molecule has 0 rings (SSSR count). The minimum Gasteiger partial charge on any atom is -0.477 e. The van der Waals surface area contributed by atoms with E-state index >= 15 is 0 Å². The molecule has 0 aromatic rings. The molecule has 0 saturated carbocycles. The average molecular weight is 1380 g/mol. The van der Waals surface area contributed by atoms with Crippen LogP contribution < -0.4 is 0 Å². The van der Waals surface area contributed by atoms with Crippen molar-refractivity contribution in [3.8, 4) is 0 Å². The summed E-state index contributed by atoms with van der Waals surface area (Å²) in [6.07, 6.45) is 113. The molecular formula is C90H154NO8+. The van der Waals surface area contributed by atoms with Crippen molar-refractivity contribution in [2.45, 2.75) is 360 Å². The van der Waals surface area contributed by atoms with Gasteiger partial charge in [0.1, 0.15) is 13.2 Å². The van der Waals surface area contributed by atoms with Gasteiger partial charge in [-0.25, -0.2) is 4.79 Å². The first-order valence-corrected chi connectivity index (χ1v) is 41.0. The number of ether oxygens (including phenoxy) is 4. The van der Waals surface area contributed by atoms with Gasteiger partial charge in [-0.05, 0) is 116 Å². The number of carboxylic acids is 1. The number of nitrogens with zero attached hydrogens (tertiary/aromatic N) is 1. The van der Waals surface area contributed by atoms with Gasteiger partial charge in [-0.3, -0.25) is 9.59 Å². The van der Waals surface area contributed by atoms with Crippen LogP contribution in [0.4, 0.5) is 0 Å². The summed E-state index contributed by atoms with van der Waals surface area (Å²) < 4.78 is 23.1. The molecule has 9 heteroatoms. The molecule has 0 bridgehead atoms. The highest BCUT2D eigenvalue weighted by Gasteiger charge is 2.25. The Balaban J connectivity index is 4.01. The average Bonchev–Trinajstić information content (AvgIpc) is 1.41. The summed E-state index contributed by atoms with van der Waals surface area (Å²) in [5.74, 6) is -1.99. The van der Waals surface area contributed by atoms with Gasteiger partial charge in [-0.15, -0.1) is 0 Å². The summed E-state index contributed by atoms with van der Waals surface area (Å²) in [6, 6.07) is 0. The van der Waals surface area contributed by atoms with Crippen LogP contribution in [0.5, 0.6) is 0 Å². The quantitative estimate of drug-likeness (QED) is 0.0211. The van der Waals surface area contributed by atoms with Crippen molar-refractivity contribution in [3.05, 3.63) is 146 Å². The largest absolute Gasteiger partial charge is 0.477 e. The highest BCUT2D eigenvalue weighted by Crippen LogP contribution is 2.19. The summed E-state index contributed by atoms with van der Waals surface area (Å²) in [4.78, 5) is 37.8. The van der Waals surface area contributed by atoms with Crippen LogP contribution in [0, 0.1) is 0 Å². The summed E-state index contributed by atoms with van der Waals surface area (Å²) in [6.45, 7) is 4.68. The lowest BCUT2D eigenvalue weighted by atomic mass is 10.0. The number of unbranched alkanes of at least 4 members (excludes halogenated alkanes) is 36. The van der Waals surface area contributed by atoms with Gasteiger partial charge in [-0.2, -0.15) is 0 Å². The second-order valence-corrected chi connectivity index (χ2v) is 28.3. The molecule has 2 unspecified atom stereocenters. The van der Waals surface area contributed by atoms with Crippen LogP contribution in [0.3, 0.4) is 0 Å². The maximum Gasteiger partial charge on any atom is 0.361 e. The van der Waals surface area contributed by atoms with E-state index in [9.17, 15) is 19.5 Å². The summed E-state index contributed by atoms with van der Waals surface area (Å²) in [7, 11) is 5.99. The van der Waals surface area contributed by atoms with Gasteiger partial charge in [0.25, 0.3) is 6.29 Å². The van der Waals surface area contributed by atoms with Crippen molar-refractivity contribution in [2.75, 3.05) is 47.5 Å². The Hall–Kier alpha value is -4.83. The molecule has 0 aliphatic heterocycles. The molecule has 0 fully saturated rings. The van der Waals surface area contributed by atoms with Gasteiger partial charge in [0.15, 0.2) is 6.10 Å². The molecule has 0 spiro atoms. The molecule has 0 aromatic heterocycles. The molecule has 0 radical (unpaired) electrons. The molecule has 0 heterocycles. The van der Waals surface area contributed by atoms with Gasteiger partial charge in [0, 0.05) is 12.8 Å². The number of likely N-dealkylation sites (N-methyl/N-ethyl adjacent to an activating group) is 1. The van der Waals surface area contributed by atoms with E-state index in [1.54, 1.807) is 0 Å². The number of hydrogen-bond acceptors (Lipinski definition) is 7. The van der Waals surface area contributed by atoms with Gasteiger partial charge in [-0.1, -0.05) is 365 Å². The molecular weight excluding hydrogens is 1220 g/mol. The monoisotopic (exact) mass is 1380 g/mol. The first-order valence-electron chi connectivity index (χ1n) is 41.0. The maximum atomic E-state index is 13.0. The number of allylic oxidation sites excluding steroid dienone is 24. The second-order valence-electron chi connectivity index (χ2n) is 28.3. The Labute approximate surface area is 611 Å². The lowest BCUT2D eigenvalue weighted by Gasteiger charge is -2.25. The third-order valence-corrected chi connectivity index (χ3v) is 17.6. The Bertz CT molecular complexity index is 2150. The third kappa shape index (κ3) is 80.4. The molecule has 566 valence electrons. The van der Waals surface area contributed by atoms with Crippen molar-refractivity contribution < 1.29 is 42.9 Å². The smallest absolute Gasteiger partial charge is 0.361 e. The van der Waals surface area contributed by atoms with E-state index in [1.165, 1.54) is 205 Å². The number of carbonyl (C=O) groups excluding carboxylic acids is 2. The molecule has 0 saturated heterocycles. The fraction of sp³-hybridized carbons (Fsp3) is 0.700. The fourth-order valence-electron chi connectivity index (χ4n) is 11.4. The lowest BCUT2D eigenvalue weighted by Crippen LogP contribution is -2.40. The van der Waals surface area contributed by atoms with E-state index in [4.69, 9.17) is 18.9 Å². The number of aliphatic carboxylic acids is 1. The predicted molar refractivity (Wildman–Crippen MR) is 428 cm³/mol. The number of carboxylic acid groups (broad SMARTS) is 1. The number of carbonyl (C=O) groups is 3. The summed E-state index contributed by atoms with van der Waals surface area (Å²) in [5.41, 5.74) is 0. The Morgan fingerprint density at radius 3 is 0.808 bits per heavy atom. The Morgan fingerprint density at radius 2 is 0.545 bits per heavy atom. The van der Waals surface area contributed by atoms with Crippen LogP contribution in [-0.2, 0) is 33.3 Å². The fourth-order valence-corrected chi connectivity index (χ4v) is 11.4. The first kappa shape index (κ1) is 94.2. The van der Waals surface area contributed by atoms with Crippen LogP contribution >= 0.6 is 0 Å². The summed E-state index contributed by atoms with van der Waals surface area (Å²) in [5, 5.41) is 9.78. The van der Waals surface area contributed by atoms with Crippen LogP contribution in [0.15, 0.2) is 146 Å². The van der Waals surface area contributed by atoms with Crippen molar-refractivity contribution in [2.24, 2.45) is 0 Å².